The molecule has 3 nitrogen and oxygen atoms in total. The van der Waals surface area contributed by atoms with E-state index in [2.05, 4.69) is 5.32 Å². The van der Waals surface area contributed by atoms with Crippen LogP contribution < -0.4 is 5.32 Å². The Balaban J connectivity index is 2.22. The van der Waals surface area contributed by atoms with E-state index in [-0.39, 0.29) is 11.7 Å². The van der Waals surface area contributed by atoms with Gasteiger partial charge in [0.15, 0.2) is 5.78 Å². The van der Waals surface area contributed by atoms with Gasteiger partial charge in [-0.2, -0.15) is 0 Å². The SMILES string of the molecule is CC(=O)C1=C(C(=O)Nc2ccc(Cl)c(C)c2)CCCC1. The Morgan fingerprint density at radius 3 is 2.40 bits per heavy atom. The van der Waals surface area contributed by atoms with Crippen LogP contribution in [-0.4, -0.2) is 11.7 Å². The zero-order valence-electron chi connectivity index (χ0n) is 11.8. The fourth-order valence-electron chi connectivity index (χ4n) is 2.47. The molecule has 0 saturated carbocycles. The van der Waals surface area contributed by atoms with Crippen LogP contribution in [-0.2, 0) is 9.59 Å². The molecular formula is C16H18ClNO2. The normalized spacial score (nSPS) is 15.2. The zero-order chi connectivity index (χ0) is 14.7. The largest absolute Gasteiger partial charge is 0.322 e. The van der Waals surface area contributed by atoms with Gasteiger partial charge in [0.1, 0.15) is 0 Å². The predicted octanol–water partition coefficient (Wildman–Crippen LogP) is 4.05. The van der Waals surface area contributed by atoms with Gasteiger partial charge in [-0.25, -0.2) is 0 Å². The average Bonchev–Trinajstić information content (AvgIpc) is 2.43. The predicted molar refractivity (Wildman–Crippen MR) is 81.0 cm³/mol. The van der Waals surface area contributed by atoms with E-state index < -0.39 is 0 Å². The summed E-state index contributed by atoms with van der Waals surface area (Å²) >= 11 is 5.96. The quantitative estimate of drug-likeness (QED) is 0.913. The number of benzene rings is 1. The van der Waals surface area contributed by atoms with Crippen LogP contribution in [0.2, 0.25) is 5.02 Å². The number of hydrogen-bond acceptors (Lipinski definition) is 2. The number of ketones is 1. The van der Waals surface area contributed by atoms with E-state index in [1.54, 1.807) is 12.1 Å². The molecule has 20 heavy (non-hydrogen) atoms. The van der Waals surface area contributed by atoms with Crippen LogP contribution in [0.15, 0.2) is 29.3 Å². The van der Waals surface area contributed by atoms with Gasteiger partial charge in [-0.15, -0.1) is 0 Å². The maximum atomic E-state index is 12.3. The lowest BCUT2D eigenvalue weighted by molar-refractivity contribution is -0.116. The highest BCUT2D eigenvalue weighted by atomic mass is 35.5. The van der Waals surface area contributed by atoms with E-state index in [0.29, 0.717) is 34.7 Å². The molecule has 1 amide bonds. The average molecular weight is 292 g/mol. The molecule has 1 aliphatic rings. The first-order valence-corrected chi connectivity index (χ1v) is 7.17. The molecule has 4 heteroatoms. The number of allylic oxidation sites excluding steroid dienone is 1. The van der Waals surface area contributed by atoms with Gasteiger partial charge in [-0.05, 0) is 63.3 Å². The summed E-state index contributed by atoms with van der Waals surface area (Å²) in [6.07, 6.45) is 3.32. The smallest absolute Gasteiger partial charge is 0.251 e. The minimum atomic E-state index is -0.170. The van der Waals surface area contributed by atoms with Crippen LogP contribution in [0.25, 0.3) is 0 Å². The summed E-state index contributed by atoms with van der Waals surface area (Å²) in [4.78, 5) is 23.9. The van der Waals surface area contributed by atoms with E-state index in [9.17, 15) is 9.59 Å². The summed E-state index contributed by atoms with van der Waals surface area (Å²) in [6.45, 7) is 3.42. The van der Waals surface area contributed by atoms with E-state index in [0.717, 1.165) is 18.4 Å². The fourth-order valence-corrected chi connectivity index (χ4v) is 2.59. The zero-order valence-corrected chi connectivity index (χ0v) is 12.5. The lowest BCUT2D eigenvalue weighted by Crippen LogP contribution is -2.20. The van der Waals surface area contributed by atoms with Crippen molar-refractivity contribution in [3.63, 3.8) is 0 Å². The Kier molecular flexibility index (Phi) is 4.61. The molecule has 0 atom stereocenters. The summed E-state index contributed by atoms with van der Waals surface area (Å²) < 4.78 is 0. The minimum absolute atomic E-state index is 0.00198. The topological polar surface area (TPSA) is 46.2 Å². The van der Waals surface area contributed by atoms with Crippen molar-refractivity contribution in [3.8, 4) is 0 Å². The number of anilines is 1. The Bertz CT molecular complexity index is 590. The molecule has 0 saturated heterocycles. The van der Waals surface area contributed by atoms with E-state index in [1.807, 2.05) is 13.0 Å². The minimum Gasteiger partial charge on any atom is -0.322 e. The lowest BCUT2D eigenvalue weighted by Gasteiger charge is -2.18. The van der Waals surface area contributed by atoms with Crippen LogP contribution in [0.3, 0.4) is 0 Å². The van der Waals surface area contributed by atoms with Crippen molar-refractivity contribution in [2.45, 2.75) is 39.5 Å². The molecule has 0 fully saturated rings. The number of carbonyl (C=O) groups is 2. The number of halogens is 1. The highest BCUT2D eigenvalue weighted by Crippen LogP contribution is 2.27. The van der Waals surface area contributed by atoms with Gasteiger partial charge in [0, 0.05) is 21.9 Å². The van der Waals surface area contributed by atoms with Crippen LogP contribution in [0.1, 0.15) is 38.2 Å². The Morgan fingerprint density at radius 2 is 1.80 bits per heavy atom. The van der Waals surface area contributed by atoms with Crippen molar-refractivity contribution >= 4 is 29.0 Å². The molecule has 0 aliphatic heterocycles. The molecule has 0 spiro atoms. The van der Waals surface area contributed by atoms with Crippen molar-refractivity contribution in [3.05, 3.63) is 39.9 Å². The van der Waals surface area contributed by atoms with Gasteiger partial charge in [0.05, 0.1) is 0 Å². The third-order valence-electron chi connectivity index (χ3n) is 3.58. The first-order valence-electron chi connectivity index (χ1n) is 6.79. The molecule has 0 radical (unpaired) electrons. The van der Waals surface area contributed by atoms with Gasteiger partial charge in [0.25, 0.3) is 5.91 Å². The van der Waals surface area contributed by atoms with Gasteiger partial charge in [0.2, 0.25) is 0 Å². The molecule has 1 aromatic rings. The molecule has 0 heterocycles. The molecule has 2 rings (SSSR count). The molecular weight excluding hydrogens is 274 g/mol. The molecule has 1 aliphatic carbocycles. The fraction of sp³-hybridized carbons (Fsp3) is 0.375. The van der Waals surface area contributed by atoms with Crippen LogP contribution in [0.4, 0.5) is 5.69 Å². The van der Waals surface area contributed by atoms with Crippen LogP contribution in [0, 0.1) is 6.92 Å². The second kappa shape index (κ2) is 6.23. The molecule has 1 aromatic carbocycles. The summed E-state index contributed by atoms with van der Waals surface area (Å²) in [6, 6.07) is 5.36. The highest BCUT2D eigenvalue weighted by molar-refractivity contribution is 6.31. The van der Waals surface area contributed by atoms with Crippen LogP contribution in [0.5, 0.6) is 0 Å². The van der Waals surface area contributed by atoms with Crippen molar-refractivity contribution in [1.29, 1.82) is 0 Å². The van der Waals surface area contributed by atoms with Gasteiger partial charge in [-0.1, -0.05) is 11.6 Å². The van der Waals surface area contributed by atoms with E-state index >= 15 is 0 Å². The number of aryl methyl sites for hydroxylation is 1. The Morgan fingerprint density at radius 1 is 1.15 bits per heavy atom. The van der Waals surface area contributed by atoms with Crippen molar-refractivity contribution in [2.75, 3.05) is 5.32 Å². The summed E-state index contributed by atoms with van der Waals surface area (Å²) in [5.41, 5.74) is 2.93. The number of rotatable bonds is 3. The van der Waals surface area contributed by atoms with Crippen LogP contribution >= 0.6 is 11.6 Å². The number of carbonyl (C=O) groups excluding carboxylic acids is 2. The standard InChI is InChI=1S/C16H18ClNO2/c1-10-9-12(7-8-15(10)17)18-16(20)14-6-4-3-5-13(14)11(2)19/h7-9H,3-6H2,1-2H3,(H,18,20). The van der Waals surface area contributed by atoms with E-state index in [1.165, 1.54) is 6.92 Å². The summed E-state index contributed by atoms with van der Waals surface area (Å²) in [5, 5.41) is 3.53. The number of nitrogens with one attached hydrogen (secondary N) is 1. The molecule has 1 N–H and O–H groups in total. The van der Waals surface area contributed by atoms with Crippen molar-refractivity contribution in [2.24, 2.45) is 0 Å². The second-order valence-corrected chi connectivity index (χ2v) is 5.55. The van der Waals surface area contributed by atoms with Gasteiger partial charge in [-0.3, -0.25) is 9.59 Å². The molecule has 0 bridgehead atoms. The highest BCUT2D eigenvalue weighted by Gasteiger charge is 2.21. The molecule has 106 valence electrons. The number of Topliss-reactive ketones (excluding diaryl/α,β-unsaturated/α-hetero) is 1. The number of hydrogen-bond donors (Lipinski definition) is 1. The summed E-state index contributed by atoms with van der Waals surface area (Å²) in [7, 11) is 0. The maximum Gasteiger partial charge on any atom is 0.251 e. The monoisotopic (exact) mass is 291 g/mol. The second-order valence-electron chi connectivity index (χ2n) is 5.14. The third-order valence-corrected chi connectivity index (χ3v) is 4.01. The first-order chi connectivity index (χ1) is 9.49. The Labute approximate surface area is 124 Å². The molecule has 0 unspecified atom stereocenters. The lowest BCUT2D eigenvalue weighted by atomic mass is 9.89. The van der Waals surface area contributed by atoms with E-state index in [4.69, 9.17) is 11.6 Å². The van der Waals surface area contributed by atoms with Gasteiger partial charge >= 0.3 is 0 Å². The van der Waals surface area contributed by atoms with Crippen molar-refractivity contribution in [1.82, 2.24) is 0 Å². The van der Waals surface area contributed by atoms with Crippen molar-refractivity contribution < 1.29 is 9.59 Å². The first kappa shape index (κ1) is 14.8. The molecule has 0 aromatic heterocycles. The maximum absolute atomic E-state index is 12.3. The summed E-state index contributed by atoms with van der Waals surface area (Å²) in [5.74, 6) is -0.168. The van der Waals surface area contributed by atoms with Gasteiger partial charge < -0.3 is 5.32 Å². The number of amides is 1. The third kappa shape index (κ3) is 3.28. The Hall–Kier alpha value is -1.61.